The number of anilines is 1. The molecule has 170 valence electrons. The molecular formula is C23H24F3N3O3. The quantitative estimate of drug-likeness (QED) is 0.632. The summed E-state index contributed by atoms with van der Waals surface area (Å²) in [4.78, 5) is 40.7. The molecule has 1 heterocycles. The lowest BCUT2D eigenvalue weighted by molar-refractivity contribution is -0.138. The van der Waals surface area contributed by atoms with Crippen molar-refractivity contribution < 1.29 is 27.6 Å². The molecule has 0 saturated carbocycles. The fourth-order valence-corrected chi connectivity index (χ4v) is 3.68. The van der Waals surface area contributed by atoms with Crippen molar-refractivity contribution in [2.45, 2.75) is 26.3 Å². The number of rotatable bonds is 8. The summed E-state index contributed by atoms with van der Waals surface area (Å²) in [6.45, 7) is 2.33. The molecule has 1 atom stereocenters. The van der Waals surface area contributed by atoms with E-state index < -0.39 is 41.5 Å². The molecule has 1 N–H and O–H groups in total. The van der Waals surface area contributed by atoms with Crippen LogP contribution in [0.1, 0.15) is 25.3 Å². The molecule has 0 radical (unpaired) electrons. The average Bonchev–Trinajstić information content (AvgIpc) is 3.14. The van der Waals surface area contributed by atoms with E-state index in [9.17, 15) is 27.6 Å². The molecule has 32 heavy (non-hydrogen) atoms. The summed E-state index contributed by atoms with van der Waals surface area (Å²) in [6.07, 6.45) is 0.609. The van der Waals surface area contributed by atoms with Crippen LogP contribution in [0.15, 0.2) is 42.5 Å². The van der Waals surface area contributed by atoms with Gasteiger partial charge >= 0.3 is 0 Å². The second kappa shape index (κ2) is 10.3. The predicted octanol–water partition coefficient (Wildman–Crippen LogP) is 3.33. The molecule has 3 rings (SSSR count). The van der Waals surface area contributed by atoms with Crippen molar-refractivity contribution >= 4 is 23.4 Å². The standard InChI is InChI=1S/C23H24F3N3O3/c1-2-10-28(14-19(30)27-18-9-8-17(24)21(25)22(18)26)23(32)16-11-20(31)29(13-16)12-15-6-4-3-5-7-15/h3-9,16H,2,10-14H2,1H3,(H,27,30)/t16-/m0/s1. The maximum absolute atomic E-state index is 13.8. The zero-order chi connectivity index (χ0) is 23.3. The Labute approximate surface area is 184 Å². The Kier molecular flexibility index (Phi) is 7.50. The van der Waals surface area contributed by atoms with E-state index in [1.165, 1.54) is 4.90 Å². The summed E-state index contributed by atoms with van der Waals surface area (Å²) >= 11 is 0. The summed E-state index contributed by atoms with van der Waals surface area (Å²) in [7, 11) is 0. The van der Waals surface area contributed by atoms with Gasteiger partial charge in [0.05, 0.1) is 18.2 Å². The van der Waals surface area contributed by atoms with Crippen molar-refractivity contribution in [3.05, 3.63) is 65.5 Å². The number of carbonyl (C=O) groups is 3. The summed E-state index contributed by atoms with van der Waals surface area (Å²) < 4.78 is 40.3. The number of carbonyl (C=O) groups excluding carboxylic acids is 3. The van der Waals surface area contributed by atoms with E-state index in [0.717, 1.165) is 11.6 Å². The second-order valence-corrected chi connectivity index (χ2v) is 7.69. The van der Waals surface area contributed by atoms with Crippen molar-refractivity contribution in [2.75, 3.05) is 25.0 Å². The van der Waals surface area contributed by atoms with Crippen molar-refractivity contribution in [1.82, 2.24) is 9.80 Å². The van der Waals surface area contributed by atoms with Gasteiger partial charge < -0.3 is 15.1 Å². The number of benzene rings is 2. The lowest BCUT2D eigenvalue weighted by Gasteiger charge is -2.25. The molecule has 0 unspecified atom stereocenters. The predicted molar refractivity (Wildman–Crippen MR) is 112 cm³/mol. The van der Waals surface area contributed by atoms with Crippen molar-refractivity contribution in [1.29, 1.82) is 0 Å². The van der Waals surface area contributed by atoms with Crippen LogP contribution in [-0.2, 0) is 20.9 Å². The van der Waals surface area contributed by atoms with Crippen LogP contribution in [0.2, 0.25) is 0 Å². The normalized spacial score (nSPS) is 15.7. The third-order valence-corrected chi connectivity index (χ3v) is 5.23. The van der Waals surface area contributed by atoms with E-state index in [1.807, 2.05) is 37.3 Å². The third kappa shape index (κ3) is 5.46. The monoisotopic (exact) mass is 447 g/mol. The highest BCUT2D eigenvalue weighted by Crippen LogP contribution is 2.23. The zero-order valence-corrected chi connectivity index (χ0v) is 17.6. The molecule has 6 nitrogen and oxygen atoms in total. The maximum atomic E-state index is 13.8. The van der Waals surface area contributed by atoms with Gasteiger partial charge in [0.25, 0.3) is 0 Å². The Bertz CT molecular complexity index is 1000. The van der Waals surface area contributed by atoms with E-state index in [0.29, 0.717) is 19.0 Å². The van der Waals surface area contributed by atoms with E-state index in [-0.39, 0.29) is 31.3 Å². The number of likely N-dealkylation sites (tertiary alicyclic amines) is 1. The number of halogens is 3. The molecule has 1 aliphatic heterocycles. The van der Waals surface area contributed by atoms with Gasteiger partial charge in [-0.15, -0.1) is 0 Å². The van der Waals surface area contributed by atoms with Crippen molar-refractivity contribution in [3.8, 4) is 0 Å². The Morgan fingerprint density at radius 2 is 1.81 bits per heavy atom. The summed E-state index contributed by atoms with van der Waals surface area (Å²) in [5.41, 5.74) is 0.440. The molecule has 0 bridgehead atoms. The molecule has 1 saturated heterocycles. The van der Waals surface area contributed by atoms with Gasteiger partial charge in [0.1, 0.15) is 0 Å². The largest absolute Gasteiger partial charge is 0.338 e. The molecule has 1 aliphatic rings. The van der Waals surface area contributed by atoms with Crippen molar-refractivity contribution in [2.24, 2.45) is 5.92 Å². The lowest BCUT2D eigenvalue weighted by Crippen LogP contribution is -2.42. The minimum atomic E-state index is -1.69. The lowest BCUT2D eigenvalue weighted by atomic mass is 10.1. The van der Waals surface area contributed by atoms with Crippen LogP contribution in [0.5, 0.6) is 0 Å². The molecule has 0 aromatic heterocycles. The zero-order valence-electron chi connectivity index (χ0n) is 17.6. The third-order valence-electron chi connectivity index (χ3n) is 5.23. The molecule has 3 amide bonds. The molecule has 9 heteroatoms. The number of hydrogen-bond donors (Lipinski definition) is 1. The summed E-state index contributed by atoms with van der Waals surface area (Å²) in [6, 6.07) is 11.0. The van der Waals surface area contributed by atoms with Gasteiger partial charge in [-0.25, -0.2) is 13.2 Å². The van der Waals surface area contributed by atoms with E-state index in [4.69, 9.17) is 0 Å². The second-order valence-electron chi connectivity index (χ2n) is 7.69. The highest BCUT2D eigenvalue weighted by Gasteiger charge is 2.36. The van der Waals surface area contributed by atoms with Gasteiger partial charge in [0.15, 0.2) is 17.5 Å². The molecule has 0 spiro atoms. The Morgan fingerprint density at radius 3 is 2.50 bits per heavy atom. The highest BCUT2D eigenvalue weighted by molar-refractivity contribution is 5.96. The average molecular weight is 447 g/mol. The molecule has 2 aromatic carbocycles. The number of amides is 3. The number of nitrogens with one attached hydrogen (secondary N) is 1. The van der Waals surface area contributed by atoms with Gasteiger partial charge in [-0.05, 0) is 24.1 Å². The molecule has 1 fully saturated rings. The minimum Gasteiger partial charge on any atom is -0.338 e. The van der Waals surface area contributed by atoms with Crippen LogP contribution >= 0.6 is 0 Å². The smallest absolute Gasteiger partial charge is 0.244 e. The van der Waals surface area contributed by atoms with Gasteiger partial charge in [-0.2, -0.15) is 0 Å². The van der Waals surface area contributed by atoms with E-state index in [1.54, 1.807) is 4.90 Å². The SMILES string of the molecule is CCCN(CC(=O)Nc1ccc(F)c(F)c1F)C(=O)[C@H]1CC(=O)N(Cc2ccccc2)C1. The van der Waals surface area contributed by atoms with Crippen LogP contribution in [0.25, 0.3) is 0 Å². The Hall–Kier alpha value is -3.36. The molecule has 2 aromatic rings. The number of nitrogens with zero attached hydrogens (tertiary/aromatic N) is 2. The Morgan fingerprint density at radius 1 is 1.09 bits per heavy atom. The summed E-state index contributed by atoms with van der Waals surface area (Å²) in [5.74, 6) is -6.40. The van der Waals surface area contributed by atoms with Crippen LogP contribution in [0.4, 0.5) is 18.9 Å². The highest BCUT2D eigenvalue weighted by atomic mass is 19.2. The van der Waals surface area contributed by atoms with E-state index in [2.05, 4.69) is 5.32 Å². The van der Waals surface area contributed by atoms with Crippen LogP contribution < -0.4 is 5.32 Å². The maximum Gasteiger partial charge on any atom is 0.244 e. The minimum absolute atomic E-state index is 0.0469. The molecule has 0 aliphatic carbocycles. The number of hydrogen-bond acceptors (Lipinski definition) is 3. The van der Waals surface area contributed by atoms with Crippen LogP contribution in [0, 0.1) is 23.4 Å². The first-order chi connectivity index (χ1) is 15.3. The Balaban J connectivity index is 1.63. The first-order valence-corrected chi connectivity index (χ1v) is 10.3. The topological polar surface area (TPSA) is 69.7 Å². The van der Waals surface area contributed by atoms with Crippen LogP contribution in [-0.4, -0.2) is 47.2 Å². The van der Waals surface area contributed by atoms with Gasteiger partial charge in [0, 0.05) is 26.1 Å². The van der Waals surface area contributed by atoms with Gasteiger partial charge in [-0.3, -0.25) is 14.4 Å². The summed E-state index contributed by atoms with van der Waals surface area (Å²) in [5, 5.41) is 2.17. The van der Waals surface area contributed by atoms with E-state index >= 15 is 0 Å². The molecular weight excluding hydrogens is 423 g/mol. The van der Waals surface area contributed by atoms with Crippen LogP contribution in [0.3, 0.4) is 0 Å². The fourth-order valence-electron chi connectivity index (χ4n) is 3.68. The van der Waals surface area contributed by atoms with Gasteiger partial charge in [-0.1, -0.05) is 37.3 Å². The first-order valence-electron chi connectivity index (χ1n) is 10.3. The first kappa shape index (κ1) is 23.3. The fraction of sp³-hybridized carbons (Fsp3) is 0.348. The van der Waals surface area contributed by atoms with Crippen molar-refractivity contribution in [3.63, 3.8) is 0 Å². The van der Waals surface area contributed by atoms with Gasteiger partial charge in [0.2, 0.25) is 17.7 Å².